The topological polar surface area (TPSA) is 49.2 Å². The van der Waals surface area contributed by atoms with Crippen LogP contribution in [0.25, 0.3) is 0 Å². The van der Waals surface area contributed by atoms with Crippen LogP contribution in [0.4, 0.5) is 0 Å². The molecule has 0 aliphatic heterocycles. The van der Waals surface area contributed by atoms with Gasteiger partial charge in [-0.2, -0.15) is 0 Å². The van der Waals surface area contributed by atoms with Crippen LogP contribution in [0.5, 0.6) is 11.5 Å². The van der Waals surface area contributed by atoms with Gasteiger partial charge in [-0.15, -0.1) is 5.10 Å². The maximum Gasteiger partial charge on any atom is 0.141 e. The van der Waals surface area contributed by atoms with Crippen LogP contribution in [0, 0.1) is 0 Å². The van der Waals surface area contributed by atoms with E-state index < -0.39 is 0 Å². The lowest BCUT2D eigenvalue weighted by atomic mass is 10.1. The number of hydrogen-bond acceptors (Lipinski definition) is 4. The third-order valence-electron chi connectivity index (χ3n) is 2.86. The highest BCUT2D eigenvalue weighted by Crippen LogP contribution is 2.33. The summed E-state index contributed by atoms with van der Waals surface area (Å²) in [6.07, 6.45) is 3.47. The fourth-order valence-electron chi connectivity index (χ4n) is 1.89. The summed E-state index contributed by atoms with van der Waals surface area (Å²) < 4.78 is 12.2. The Morgan fingerprint density at radius 3 is 2.47 bits per heavy atom. The van der Waals surface area contributed by atoms with Gasteiger partial charge in [0.15, 0.2) is 0 Å². The molecule has 6 heteroatoms. The molecule has 0 N–H and O–H groups in total. The van der Waals surface area contributed by atoms with E-state index in [4.69, 9.17) is 21.1 Å². The molecule has 102 valence electrons. The number of halogens is 1. The summed E-state index contributed by atoms with van der Waals surface area (Å²) in [6.45, 7) is 0. The molecule has 0 unspecified atom stereocenters. The van der Waals surface area contributed by atoms with Crippen molar-refractivity contribution in [3.63, 3.8) is 0 Å². The highest BCUT2D eigenvalue weighted by molar-refractivity contribution is 6.32. The summed E-state index contributed by atoms with van der Waals surface area (Å²) in [4.78, 5) is 0. The Kier molecular flexibility index (Phi) is 4.27. The molecule has 1 aromatic carbocycles. The number of aromatic nitrogens is 3. The third kappa shape index (κ3) is 3.17. The molecule has 0 aliphatic carbocycles. The molecule has 0 bridgehead atoms. The number of hydrogen-bond donors (Lipinski definition) is 0. The lowest BCUT2D eigenvalue weighted by molar-refractivity contribution is 0.391. The van der Waals surface area contributed by atoms with Gasteiger partial charge < -0.3 is 9.47 Å². The largest absolute Gasteiger partial charge is 0.496 e. The summed E-state index contributed by atoms with van der Waals surface area (Å²) in [5, 5.41) is 8.54. The van der Waals surface area contributed by atoms with Crippen molar-refractivity contribution in [3.8, 4) is 11.5 Å². The average molecular weight is 282 g/mol. The van der Waals surface area contributed by atoms with Crippen LogP contribution in [-0.2, 0) is 19.9 Å². The Labute approximate surface area is 117 Å². The Bertz CT molecular complexity index is 569. The SMILES string of the molecule is COc1cc(OC)c(CCc2cn(C)nn2)cc1Cl. The minimum atomic E-state index is 0.581. The highest BCUT2D eigenvalue weighted by atomic mass is 35.5. The third-order valence-corrected chi connectivity index (χ3v) is 3.15. The molecule has 0 atom stereocenters. The standard InChI is InChI=1S/C13H16ClN3O2/c1-17-8-10(15-16-17)5-4-9-6-11(14)13(19-3)7-12(9)18-2/h6-8H,4-5H2,1-3H3. The van der Waals surface area contributed by atoms with E-state index in [9.17, 15) is 0 Å². The normalized spacial score (nSPS) is 10.5. The molecule has 0 saturated heterocycles. The molecular weight excluding hydrogens is 266 g/mol. The van der Waals surface area contributed by atoms with Gasteiger partial charge in [-0.25, -0.2) is 0 Å². The van der Waals surface area contributed by atoms with Crippen LogP contribution < -0.4 is 9.47 Å². The molecule has 1 aromatic heterocycles. The zero-order valence-electron chi connectivity index (χ0n) is 11.2. The summed E-state index contributed by atoms with van der Waals surface area (Å²) >= 11 is 6.13. The molecule has 0 amide bonds. The first-order valence-electron chi connectivity index (χ1n) is 5.89. The van der Waals surface area contributed by atoms with E-state index in [2.05, 4.69) is 10.3 Å². The van der Waals surface area contributed by atoms with Gasteiger partial charge in [0.25, 0.3) is 0 Å². The van der Waals surface area contributed by atoms with Crippen LogP contribution in [0.15, 0.2) is 18.3 Å². The Balaban J connectivity index is 2.17. The van der Waals surface area contributed by atoms with Crippen LogP contribution in [0.3, 0.4) is 0 Å². The maximum atomic E-state index is 6.13. The smallest absolute Gasteiger partial charge is 0.141 e. The van der Waals surface area contributed by atoms with Gasteiger partial charge in [-0.3, -0.25) is 4.68 Å². The monoisotopic (exact) mass is 281 g/mol. The van der Waals surface area contributed by atoms with Gasteiger partial charge in [-0.1, -0.05) is 16.8 Å². The van der Waals surface area contributed by atoms with Crippen molar-refractivity contribution >= 4 is 11.6 Å². The number of benzene rings is 1. The van der Waals surface area contributed by atoms with Gasteiger partial charge in [0, 0.05) is 19.3 Å². The van der Waals surface area contributed by atoms with Gasteiger partial charge in [0.05, 0.1) is 24.9 Å². The molecule has 5 nitrogen and oxygen atoms in total. The second-order valence-electron chi connectivity index (χ2n) is 4.18. The first-order valence-corrected chi connectivity index (χ1v) is 6.27. The van der Waals surface area contributed by atoms with Gasteiger partial charge >= 0.3 is 0 Å². The molecule has 0 spiro atoms. The minimum Gasteiger partial charge on any atom is -0.496 e. The predicted molar refractivity (Wildman–Crippen MR) is 73.0 cm³/mol. The number of ether oxygens (including phenoxy) is 2. The molecule has 0 saturated carbocycles. The van der Waals surface area contributed by atoms with Crippen molar-refractivity contribution in [3.05, 3.63) is 34.6 Å². The molecule has 0 fully saturated rings. The average Bonchev–Trinajstić information content (AvgIpc) is 2.82. The highest BCUT2D eigenvalue weighted by Gasteiger charge is 2.10. The number of methoxy groups -OCH3 is 2. The van der Waals surface area contributed by atoms with Crippen LogP contribution >= 0.6 is 11.6 Å². The summed E-state index contributed by atoms with van der Waals surface area (Å²) in [5.74, 6) is 1.38. The zero-order chi connectivity index (χ0) is 13.8. The van der Waals surface area contributed by atoms with E-state index in [-0.39, 0.29) is 0 Å². The molecule has 0 radical (unpaired) electrons. The van der Waals surface area contributed by atoms with Crippen LogP contribution in [-0.4, -0.2) is 29.2 Å². The van der Waals surface area contributed by atoms with Crippen molar-refractivity contribution < 1.29 is 9.47 Å². The summed E-state index contributed by atoms with van der Waals surface area (Å²) in [5.41, 5.74) is 1.97. The van der Waals surface area contributed by atoms with Crippen molar-refractivity contribution in [2.24, 2.45) is 7.05 Å². The van der Waals surface area contributed by atoms with Crippen molar-refractivity contribution in [2.75, 3.05) is 14.2 Å². The lowest BCUT2D eigenvalue weighted by Crippen LogP contribution is -1.97. The molecule has 19 heavy (non-hydrogen) atoms. The minimum absolute atomic E-state index is 0.581. The van der Waals surface area contributed by atoms with E-state index in [0.717, 1.165) is 29.8 Å². The van der Waals surface area contributed by atoms with E-state index in [1.165, 1.54) is 0 Å². The first-order chi connectivity index (χ1) is 9.13. The zero-order valence-corrected chi connectivity index (χ0v) is 11.9. The van der Waals surface area contributed by atoms with Crippen molar-refractivity contribution in [1.29, 1.82) is 0 Å². The Morgan fingerprint density at radius 1 is 1.16 bits per heavy atom. The summed E-state index contributed by atoms with van der Waals surface area (Å²) in [6, 6.07) is 3.67. The quantitative estimate of drug-likeness (QED) is 0.844. The van der Waals surface area contributed by atoms with E-state index in [1.807, 2.05) is 19.3 Å². The Morgan fingerprint density at radius 2 is 1.89 bits per heavy atom. The molecule has 2 aromatic rings. The lowest BCUT2D eigenvalue weighted by Gasteiger charge is -2.11. The van der Waals surface area contributed by atoms with Crippen LogP contribution in [0.1, 0.15) is 11.3 Å². The maximum absolute atomic E-state index is 6.13. The molecule has 1 heterocycles. The van der Waals surface area contributed by atoms with E-state index in [1.54, 1.807) is 25.0 Å². The molecule has 2 rings (SSSR count). The molecular formula is C13H16ClN3O2. The van der Waals surface area contributed by atoms with E-state index >= 15 is 0 Å². The van der Waals surface area contributed by atoms with Crippen molar-refractivity contribution in [1.82, 2.24) is 15.0 Å². The second-order valence-corrected chi connectivity index (χ2v) is 4.59. The van der Waals surface area contributed by atoms with Gasteiger partial charge in [-0.05, 0) is 24.5 Å². The summed E-state index contributed by atoms with van der Waals surface area (Å²) in [7, 11) is 5.07. The first kappa shape index (κ1) is 13.7. The second kappa shape index (κ2) is 5.93. The van der Waals surface area contributed by atoms with E-state index in [0.29, 0.717) is 10.8 Å². The fraction of sp³-hybridized carbons (Fsp3) is 0.385. The van der Waals surface area contributed by atoms with Crippen LogP contribution in [0.2, 0.25) is 5.02 Å². The van der Waals surface area contributed by atoms with Gasteiger partial charge in [0.2, 0.25) is 0 Å². The fourth-order valence-corrected chi connectivity index (χ4v) is 2.15. The molecule has 0 aliphatic rings. The Hall–Kier alpha value is -1.75. The number of nitrogens with zero attached hydrogens (tertiary/aromatic N) is 3. The number of aryl methyl sites for hydroxylation is 3. The predicted octanol–water partition coefficient (Wildman–Crippen LogP) is 2.27. The van der Waals surface area contributed by atoms with Crippen molar-refractivity contribution in [2.45, 2.75) is 12.8 Å². The van der Waals surface area contributed by atoms with Gasteiger partial charge in [0.1, 0.15) is 11.5 Å². The number of rotatable bonds is 5.